The number of aryl methyl sites for hydroxylation is 1. The lowest BCUT2D eigenvalue weighted by molar-refractivity contribution is 0.310. The number of hydrogen-bond acceptors (Lipinski definition) is 3. The van der Waals surface area contributed by atoms with Crippen LogP contribution in [0.2, 0.25) is 0 Å². The summed E-state index contributed by atoms with van der Waals surface area (Å²) in [5.41, 5.74) is 3.26. The van der Waals surface area contributed by atoms with Gasteiger partial charge in [-0.05, 0) is 55.3 Å². The molecule has 0 fully saturated rings. The molecule has 0 atom stereocenters. The van der Waals surface area contributed by atoms with Crippen molar-refractivity contribution in [1.29, 1.82) is 5.26 Å². The molecule has 0 unspecified atom stereocenters. The Hall–Kier alpha value is -1.92. The maximum absolute atomic E-state index is 8.75. The molecule has 0 aromatic heterocycles. The zero-order valence-electron chi connectivity index (χ0n) is 12.9. The van der Waals surface area contributed by atoms with Crippen molar-refractivity contribution in [2.75, 3.05) is 12.4 Å². The van der Waals surface area contributed by atoms with Crippen molar-refractivity contribution in [1.82, 2.24) is 0 Å². The number of benzene rings is 2. The molecule has 2 rings (SSSR count). The third-order valence-corrected chi connectivity index (χ3v) is 4.44. The van der Waals surface area contributed by atoms with Crippen LogP contribution in [0.15, 0.2) is 48.5 Å². The third-order valence-electron chi connectivity index (χ3n) is 3.32. The third kappa shape index (κ3) is 5.83. The molecular formula is C19H21NOS. The highest BCUT2D eigenvalue weighted by Gasteiger charge is 1.97. The van der Waals surface area contributed by atoms with E-state index in [-0.39, 0.29) is 0 Å². The molecule has 0 aliphatic rings. The summed E-state index contributed by atoms with van der Waals surface area (Å²) in [6.07, 6.45) is 2.24. The minimum atomic E-state index is 0.724. The van der Waals surface area contributed by atoms with E-state index in [2.05, 4.69) is 25.1 Å². The molecule has 0 saturated carbocycles. The molecule has 0 bridgehead atoms. The number of unbranched alkanes of at least 4 members (excludes halogenated alkanes) is 1. The molecule has 0 saturated heterocycles. The molecule has 0 amide bonds. The van der Waals surface area contributed by atoms with Gasteiger partial charge in [-0.15, -0.1) is 0 Å². The van der Waals surface area contributed by atoms with Crippen LogP contribution in [0.1, 0.15) is 29.5 Å². The summed E-state index contributed by atoms with van der Waals surface area (Å²) in [5, 5.41) is 8.75. The van der Waals surface area contributed by atoms with Crippen molar-refractivity contribution < 1.29 is 4.74 Å². The van der Waals surface area contributed by atoms with Crippen molar-refractivity contribution in [2.45, 2.75) is 25.5 Å². The van der Waals surface area contributed by atoms with Gasteiger partial charge in [0.05, 0.1) is 18.2 Å². The summed E-state index contributed by atoms with van der Waals surface area (Å²) < 4.78 is 5.71. The van der Waals surface area contributed by atoms with Gasteiger partial charge in [-0.2, -0.15) is 17.0 Å². The number of rotatable bonds is 8. The fourth-order valence-corrected chi connectivity index (χ4v) is 2.98. The predicted octanol–water partition coefficient (Wildman–Crippen LogP) is 4.96. The first-order chi connectivity index (χ1) is 10.8. The summed E-state index contributed by atoms with van der Waals surface area (Å²) in [5.74, 6) is 3.10. The van der Waals surface area contributed by atoms with Crippen molar-refractivity contribution in [3.05, 3.63) is 65.2 Å². The Bertz CT molecular complexity index is 599. The summed E-state index contributed by atoms with van der Waals surface area (Å²) >= 11 is 1.93. The summed E-state index contributed by atoms with van der Waals surface area (Å²) in [6.45, 7) is 2.86. The van der Waals surface area contributed by atoms with Gasteiger partial charge < -0.3 is 4.74 Å². The van der Waals surface area contributed by atoms with E-state index < -0.39 is 0 Å². The Balaban J connectivity index is 1.54. The molecule has 2 nitrogen and oxygen atoms in total. The first-order valence-corrected chi connectivity index (χ1v) is 8.69. The van der Waals surface area contributed by atoms with E-state index in [0.717, 1.165) is 42.3 Å². The second-order valence-corrected chi connectivity index (χ2v) is 6.34. The molecule has 2 aromatic rings. The van der Waals surface area contributed by atoms with Crippen molar-refractivity contribution in [3.8, 4) is 11.8 Å². The lowest BCUT2D eigenvalue weighted by atomic mass is 10.2. The topological polar surface area (TPSA) is 33.0 Å². The standard InChI is InChI=1S/C19H21NOS/c1-16-4-10-19(11-5-16)21-12-2-3-13-22-15-18-8-6-17(14-20)7-9-18/h4-11H,2-3,12-13,15H2,1H3. The van der Waals surface area contributed by atoms with Crippen molar-refractivity contribution in [2.24, 2.45) is 0 Å². The maximum Gasteiger partial charge on any atom is 0.119 e. The number of hydrogen-bond donors (Lipinski definition) is 0. The van der Waals surface area contributed by atoms with Gasteiger partial charge in [-0.3, -0.25) is 0 Å². The van der Waals surface area contributed by atoms with Gasteiger partial charge in [-0.1, -0.05) is 29.8 Å². The van der Waals surface area contributed by atoms with Crippen LogP contribution in [0.25, 0.3) is 0 Å². The van der Waals surface area contributed by atoms with Crippen LogP contribution in [0.5, 0.6) is 5.75 Å². The first-order valence-electron chi connectivity index (χ1n) is 7.54. The molecular weight excluding hydrogens is 290 g/mol. The molecule has 0 N–H and O–H groups in total. The summed E-state index contributed by atoms with van der Waals surface area (Å²) in [6, 6.07) is 18.2. The van der Waals surface area contributed by atoms with Crippen LogP contribution in [-0.2, 0) is 5.75 Å². The Morgan fingerprint density at radius 1 is 1.00 bits per heavy atom. The van der Waals surface area contributed by atoms with Crippen LogP contribution in [-0.4, -0.2) is 12.4 Å². The fourth-order valence-electron chi connectivity index (χ4n) is 2.00. The van der Waals surface area contributed by atoms with Gasteiger partial charge >= 0.3 is 0 Å². The Morgan fingerprint density at radius 3 is 2.41 bits per heavy atom. The number of nitrogens with zero attached hydrogens (tertiary/aromatic N) is 1. The normalized spacial score (nSPS) is 10.2. The highest BCUT2D eigenvalue weighted by molar-refractivity contribution is 7.98. The molecule has 114 valence electrons. The van der Waals surface area contributed by atoms with Gasteiger partial charge in [-0.25, -0.2) is 0 Å². The van der Waals surface area contributed by atoms with Crippen molar-refractivity contribution in [3.63, 3.8) is 0 Å². The quantitative estimate of drug-likeness (QED) is 0.646. The maximum atomic E-state index is 8.75. The molecule has 0 radical (unpaired) electrons. The molecule has 0 aliphatic heterocycles. The highest BCUT2D eigenvalue weighted by Crippen LogP contribution is 2.15. The SMILES string of the molecule is Cc1ccc(OCCCCSCc2ccc(C#N)cc2)cc1. The predicted molar refractivity (Wildman–Crippen MR) is 93.2 cm³/mol. The fraction of sp³-hybridized carbons (Fsp3) is 0.316. The van der Waals surface area contributed by atoms with E-state index in [1.807, 2.05) is 48.2 Å². The largest absolute Gasteiger partial charge is 0.494 e. The van der Waals surface area contributed by atoms with Crippen LogP contribution in [0, 0.1) is 18.3 Å². The summed E-state index contributed by atoms with van der Waals surface area (Å²) in [7, 11) is 0. The zero-order valence-corrected chi connectivity index (χ0v) is 13.7. The second-order valence-electron chi connectivity index (χ2n) is 5.23. The molecule has 0 spiro atoms. The Kier molecular flexibility index (Phi) is 6.86. The van der Waals surface area contributed by atoms with E-state index in [4.69, 9.17) is 10.00 Å². The molecule has 0 heterocycles. The Labute approximate surface area is 137 Å². The number of ether oxygens (including phenoxy) is 1. The molecule has 22 heavy (non-hydrogen) atoms. The Morgan fingerprint density at radius 2 is 1.73 bits per heavy atom. The van der Waals surface area contributed by atoms with Gasteiger partial charge in [0, 0.05) is 5.75 Å². The van der Waals surface area contributed by atoms with E-state index in [1.54, 1.807) is 0 Å². The van der Waals surface area contributed by atoms with Crippen LogP contribution in [0.3, 0.4) is 0 Å². The van der Waals surface area contributed by atoms with Gasteiger partial charge in [0.2, 0.25) is 0 Å². The second kappa shape index (κ2) is 9.17. The van der Waals surface area contributed by atoms with E-state index in [0.29, 0.717) is 0 Å². The van der Waals surface area contributed by atoms with Crippen molar-refractivity contribution >= 4 is 11.8 Å². The van der Waals surface area contributed by atoms with E-state index in [9.17, 15) is 0 Å². The molecule has 2 aromatic carbocycles. The minimum absolute atomic E-state index is 0.724. The zero-order chi connectivity index (χ0) is 15.6. The van der Waals surface area contributed by atoms with E-state index >= 15 is 0 Å². The smallest absolute Gasteiger partial charge is 0.119 e. The van der Waals surface area contributed by atoms with Gasteiger partial charge in [0.25, 0.3) is 0 Å². The average molecular weight is 311 g/mol. The van der Waals surface area contributed by atoms with Gasteiger partial charge in [0.15, 0.2) is 0 Å². The highest BCUT2D eigenvalue weighted by atomic mass is 32.2. The van der Waals surface area contributed by atoms with Crippen LogP contribution >= 0.6 is 11.8 Å². The first kappa shape index (κ1) is 16.5. The van der Waals surface area contributed by atoms with Gasteiger partial charge in [0.1, 0.15) is 5.75 Å². The van der Waals surface area contributed by atoms with Crippen LogP contribution in [0.4, 0.5) is 0 Å². The lowest BCUT2D eigenvalue weighted by Crippen LogP contribution is -1.98. The summed E-state index contributed by atoms with van der Waals surface area (Å²) in [4.78, 5) is 0. The molecule has 0 aliphatic carbocycles. The lowest BCUT2D eigenvalue weighted by Gasteiger charge is -2.06. The number of nitriles is 1. The van der Waals surface area contributed by atoms with E-state index in [1.165, 1.54) is 11.1 Å². The average Bonchev–Trinajstić information content (AvgIpc) is 2.56. The van der Waals surface area contributed by atoms with Crippen LogP contribution < -0.4 is 4.74 Å². The number of thioether (sulfide) groups is 1. The monoisotopic (exact) mass is 311 g/mol. The molecule has 3 heteroatoms. The minimum Gasteiger partial charge on any atom is -0.494 e.